The van der Waals surface area contributed by atoms with E-state index in [0.29, 0.717) is 18.0 Å². The molecule has 1 saturated heterocycles. The van der Waals surface area contributed by atoms with Gasteiger partial charge in [0.2, 0.25) is 0 Å². The van der Waals surface area contributed by atoms with Gasteiger partial charge < -0.3 is 15.4 Å². The number of nitrogens with zero attached hydrogens (tertiary/aromatic N) is 2. The maximum absolute atomic E-state index is 12.0. The van der Waals surface area contributed by atoms with Crippen LogP contribution in [0.15, 0.2) is 0 Å². The standard InChI is InChI=1S/C14H23N3O2S/c1-3-5-10-6-8-17(9-7-10)13-11(12(15)16-20-13)14(18)19-4-2/h10H,3-9H2,1-2H3,(H2,15,16). The predicted molar refractivity (Wildman–Crippen MR) is 82.3 cm³/mol. The molecule has 0 saturated carbocycles. The van der Waals surface area contributed by atoms with Crippen LogP contribution in [0.25, 0.3) is 0 Å². The summed E-state index contributed by atoms with van der Waals surface area (Å²) in [4.78, 5) is 14.2. The molecule has 5 nitrogen and oxygen atoms in total. The van der Waals surface area contributed by atoms with Crippen LogP contribution in [0.3, 0.4) is 0 Å². The van der Waals surface area contributed by atoms with Gasteiger partial charge in [0.25, 0.3) is 0 Å². The third kappa shape index (κ3) is 3.23. The zero-order valence-electron chi connectivity index (χ0n) is 12.2. The highest BCUT2D eigenvalue weighted by Gasteiger charge is 2.27. The van der Waals surface area contributed by atoms with Crippen LogP contribution in [-0.2, 0) is 4.74 Å². The molecule has 0 spiro atoms. The highest BCUT2D eigenvalue weighted by molar-refractivity contribution is 7.11. The van der Waals surface area contributed by atoms with E-state index in [1.54, 1.807) is 6.92 Å². The Labute approximate surface area is 124 Å². The molecular formula is C14H23N3O2S. The summed E-state index contributed by atoms with van der Waals surface area (Å²) in [6.07, 6.45) is 4.89. The minimum absolute atomic E-state index is 0.291. The fourth-order valence-corrected chi connectivity index (χ4v) is 3.59. The Morgan fingerprint density at radius 3 is 2.75 bits per heavy atom. The molecule has 0 radical (unpaired) electrons. The van der Waals surface area contributed by atoms with Gasteiger partial charge >= 0.3 is 5.97 Å². The van der Waals surface area contributed by atoms with E-state index in [2.05, 4.69) is 16.2 Å². The summed E-state index contributed by atoms with van der Waals surface area (Å²) in [5.74, 6) is 0.746. The third-order valence-electron chi connectivity index (χ3n) is 3.78. The quantitative estimate of drug-likeness (QED) is 0.846. The molecule has 112 valence electrons. The molecule has 0 unspecified atom stereocenters. The van der Waals surface area contributed by atoms with Gasteiger partial charge in [-0.15, -0.1) is 0 Å². The molecule has 2 heterocycles. The van der Waals surface area contributed by atoms with Crippen LogP contribution in [0.5, 0.6) is 0 Å². The lowest BCUT2D eigenvalue weighted by Crippen LogP contribution is -2.34. The number of ether oxygens (including phenoxy) is 1. The summed E-state index contributed by atoms with van der Waals surface area (Å²) in [6, 6.07) is 0. The molecule has 1 aliphatic heterocycles. The minimum atomic E-state index is -0.357. The first-order valence-electron chi connectivity index (χ1n) is 7.34. The normalized spacial score (nSPS) is 16.4. The number of carbonyl (C=O) groups excluding carboxylic acids is 1. The molecule has 0 bridgehead atoms. The van der Waals surface area contributed by atoms with Crippen molar-refractivity contribution < 1.29 is 9.53 Å². The van der Waals surface area contributed by atoms with Crippen LogP contribution in [-0.4, -0.2) is 30.0 Å². The first-order valence-corrected chi connectivity index (χ1v) is 8.11. The Balaban J connectivity index is 2.08. The lowest BCUT2D eigenvalue weighted by atomic mass is 9.92. The van der Waals surface area contributed by atoms with Crippen molar-refractivity contribution in [3.05, 3.63) is 5.56 Å². The third-order valence-corrected chi connectivity index (χ3v) is 4.70. The largest absolute Gasteiger partial charge is 0.462 e. The van der Waals surface area contributed by atoms with Gasteiger partial charge in [0.1, 0.15) is 10.6 Å². The summed E-state index contributed by atoms with van der Waals surface area (Å²) in [7, 11) is 0. The SMILES string of the molecule is CCCC1CCN(c2snc(N)c2C(=O)OCC)CC1. The van der Waals surface area contributed by atoms with Crippen molar-refractivity contribution in [3.8, 4) is 0 Å². The lowest BCUT2D eigenvalue weighted by Gasteiger charge is -2.32. The first-order chi connectivity index (χ1) is 9.67. The van der Waals surface area contributed by atoms with E-state index >= 15 is 0 Å². The average molecular weight is 297 g/mol. The van der Waals surface area contributed by atoms with Crippen molar-refractivity contribution in [2.45, 2.75) is 39.5 Å². The molecule has 0 atom stereocenters. The zero-order valence-corrected chi connectivity index (χ0v) is 13.0. The second kappa shape index (κ2) is 6.92. The number of nitrogens with two attached hydrogens (primary N) is 1. The van der Waals surface area contributed by atoms with E-state index in [-0.39, 0.29) is 5.97 Å². The second-order valence-electron chi connectivity index (χ2n) is 5.19. The minimum Gasteiger partial charge on any atom is -0.462 e. The number of anilines is 2. The van der Waals surface area contributed by atoms with E-state index in [1.807, 2.05) is 0 Å². The van der Waals surface area contributed by atoms with Crippen LogP contribution >= 0.6 is 11.5 Å². The van der Waals surface area contributed by atoms with E-state index in [9.17, 15) is 4.79 Å². The first kappa shape index (κ1) is 15.1. The highest BCUT2D eigenvalue weighted by atomic mass is 32.1. The van der Waals surface area contributed by atoms with Crippen LogP contribution < -0.4 is 10.6 Å². The Kier molecular flexibility index (Phi) is 5.23. The van der Waals surface area contributed by atoms with E-state index in [4.69, 9.17) is 10.5 Å². The topological polar surface area (TPSA) is 68.5 Å². The Morgan fingerprint density at radius 1 is 1.45 bits per heavy atom. The molecule has 1 aromatic heterocycles. The van der Waals surface area contributed by atoms with E-state index in [0.717, 1.165) is 24.0 Å². The molecular weight excluding hydrogens is 274 g/mol. The van der Waals surface area contributed by atoms with Crippen LogP contribution in [0, 0.1) is 5.92 Å². The molecule has 0 aromatic carbocycles. The Bertz CT molecular complexity index is 453. The predicted octanol–water partition coefficient (Wildman–Crippen LogP) is 2.92. The number of rotatable bonds is 5. The van der Waals surface area contributed by atoms with Crippen molar-refractivity contribution in [3.63, 3.8) is 0 Å². The smallest absolute Gasteiger partial charge is 0.345 e. The van der Waals surface area contributed by atoms with Gasteiger partial charge in [-0.1, -0.05) is 19.8 Å². The van der Waals surface area contributed by atoms with Crippen molar-refractivity contribution in [2.24, 2.45) is 5.92 Å². The molecule has 1 fully saturated rings. The molecule has 20 heavy (non-hydrogen) atoms. The molecule has 6 heteroatoms. The Hall–Kier alpha value is -1.30. The molecule has 1 aromatic rings. The van der Waals surface area contributed by atoms with Gasteiger partial charge in [-0.3, -0.25) is 0 Å². The van der Waals surface area contributed by atoms with Crippen molar-refractivity contribution in [1.82, 2.24) is 4.37 Å². The van der Waals surface area contributed by atoms with Crippen LogP contribution in [0.1, 0.15) is 49.9 Å². The highest BCUT2D eigenvalue weighted by Crippen LogP contribution is 2.34. The second-order valence-corrected chi connectivity index (χ2v) is 5.94. The van der Waals surface area contributed by atoms with Crippen molar-refractivity contribution in [1.29, 1.82) is 0 Å². The summed E-state index contributed by atoms with van der Waals surface area (Å²) >= 11 is 1.30. The maximum atomic E-state index is 12.0. The van der Waals surface area contributed by atoms with E-state index in [1.165, 1.54) is 37.2 Å². The number of aromatic nitrogens is 1. The summed E-state index contributed by atoms with van der Waals surface area (Å²) in [5.41, 5.74) is 6.28. The van der Waals surface area contributed by atoms with Gasteiger partial charge in [0, 0.05) is 13.1 Å². The summed E-state index contributed by atoms with van der Waals surface area (Å²) in [6.45, 7) is 6.32. The van der Waals surface area contributed by atoms with Crippen molar-refractivity contribution >= 4 is 28.3 Å². The number of hydrogen-bond acceptors (Lipinski definition) is 6. The fraction of sp³-hybridized carbons (Fsp3) is 0.714. The molecule has 0 aliphatic carbocycles. The van der Waals surface area contributed by atoms with E-state index < -0.39 is 0 Å². The molecule has 2 rings (SSSR count). The zero-order chi connectivity index (χ0) is 14.5. The summed E-state index contributed by atoms with van der Waals surface area (Å²) in [5, 5.41) is 0.871. The fourth-order valence-electron chi connectivity index (χ4n) is 2.74. The average Bonchev–Trinajstić information content (AvgIpc) is 2.82. The van der Waals surface area contributed by atoms with Crippen LogP contribution in [0.4, 0.5) is 10.8 Å². The van der Waals surface area contributed by atoms with Crippen LogP contribution in [0.2, 0.25) is 0 Å². The lowest BCUT2D eigenvalue weighted by molar-refractivity contribution is 0.0528. The number of carbonyl (C=O) groups is 1. The number of esters is 1. The Morgan fingerprint density at radius 2 is 2.15 bits per heavy atom. The molecule has 1 aliphatic rings. The molecule has 0 amide bonds. The number of nitrogen functional groups attached to an aromatic ring is 1. The monoisotopic (exact) mass is 297 g/mol. The molecule has 2 N–H and O–H groups in total. The van der Waals surface area contributed by atoms with Gasteiger partial charge in [0.15, 0.2) is 5.82 Å². The van der Waals surface area contributed by atoms with Gasteiger partial charge in [0.05, 0.1) is 6.61 Å². The summed E-state index contributed by atoms with van der Waals surface area (Å²) < 4.78 is 9.21. The van der Waals surface area contributed by atoms with Gasteiger partial charge in [-0.05, 0) is 37.2 Å². The van der Waals surface area contributed by atoms with Gasteiger partial charge in [-0.25, -0.2) is 4.79 Å². The maximum Gasteiger partial charge on any atom is 0.345 e. The van der Waals surface area contributed by atoms with Gasteiger partial charge in [-0.2, -0.15) is 4.37 Å². The van der Waals surface area contributed by atoms with Crippen molar-refractivity contribution in [2.75, 3.05) is 30.3 Å². The number of hydrogen-bond donors (Lipinski definition) is 1. The number of piperidine rings is 1.